The Bertz CT molecular complexity index is 239. The van der Waals surface area contributed by atoms with Crippen LogP contribution >= 0.6 is 0 Å². The standard InChI is InChI=1S/C17H33NO/c1-3-5-7-9-12-16(11-8-6-4-2)15-18-14-10-13-17(18)19/h16H,3-15H2,1-2H3. The molecule has 0 aliphatic carbocycles. The molecule has 1 aliphatic rings. The molecule has 1 rings (SSSR count). The Kier molecular flexibility index (Phi) is 8.94. The number of rotatable bonds is 11. The quantitative estimate of drug-likeness (QED) is 0.493. The fourth-order valence-corrected chi connectivity index (χ4v) is 3.08. The van der Waals surface area contributed by atoms with Crippen molar-refractivity contribution in [2.75, 3.05) is 13.1 Å². The normalized spacial score (nSPS) is 17.2. The molecule has 0 aromatic rings. The molecule has 1 fully saturated rings. The van der Waals surface area contributed by atoms with Crippen LogP contribution in [0, 0.1) is 5.92 Å². The van der Waals surface area contributed by atoms with Gasteiger partial charge in [-0.25, -0.2) is 0 Å². The topological polar surface area (TPSA) is 20.3 Å². The Morgan fingerprint density at radius 3 is 2.21 bits per heavy atom. The molecule has 2 heteroatoms. The van der Waals surface area contributed by atoms with Gasteiger partial charge in [0.15, 0.2) is 0 Å². The van der Waals surface area contributed by atoms with E-state index < -0.39 is 0 Å². The Hall–Kier alpha value is -0.530. The van der Waals surface area contributed by atoms with Gasteiger partial charge >= 0.3 is 0 Å². The van der Waals surface area contributed by atoms with Crippen molar-refractivity contribution >= 4 is 5.91 Å². The van der Waals surface area contributed by atoms with Crippen LogP contribution in [0.1, 0.15) is 84.5 Å². The zero-order valence-corrected chi connectivity index (χ0v) is 13.1. The summed E-state index contributed by atoms with van der Waals surface area (Å²) in [5.74, 6) is 1.15. The second-order valence-corrected chi connectivity index (χ2v) is 6.15. The van der Waals surface area contributed by atoms with Crippen LogP contribution < -0.4 is 0 Å². The summed E-state index contributed by atoms with van der Waals surface area (Å²) >= 11 is 0. The highest BCUT2D eigenvalue weighted by Gasteiger charge is 2.22. The van der Waals surface area contributed by atoms with Crippen LogP contribution in [0.5, 0.6) is 0 Å². The Labute approximate surface area is 119 Å². The molecule has 19 heavy (non-hydrogen) atoms. The minimum Gasteiger partial charge on any atom is -0.342 e. The van der Waals surface area contributed by atoms with Gasteiger partial charge in [-0.1, -0.05) is 58.8 Å². The first-order valence-corrected chi connectivity index (χ1v) is 8.55. The largest absolute Gasteiger partial charge is 0.342 e. The molecule has 0 radical (unpaired) electrons. The highest BCUT2D eigenvalue weighted by Crippen LogP contribution is 2.21. The van der Waals surface area contributed by atoms with Crippen molar-refractivity contribution in [3.05, 3.63) is 0 Å². The number of hydrogen-bond acceptors (Lipinski definition) is 1. The molecule has 1 amide bonds. The van der Waals surface area contributed by atoms with Crippen LogP contribution in [0.2, 0.25) is 0 Å². The molecule has 0 bridgehead atoms. The number of carbonyl (C=O) groups excluding carboxylic acids is 1. The summed E-state index contributed by atoms with van der Waals surface area (Å²) in [5.41, 5.74) is 0. The first-order chi connectivity index (χ1) is 9.27. The third kappa shape index (κ3) is 6.98. The van der Waals surface area contributed by atoms with Gasteiger partial charge in [0.1, 0.15) is 0 Å². The monoisotopic (exact) mass is 267 g/mol. The third-order valence-corrected chi connectivity index (χ3v) is 4.33. The maximum atomic E-state index is 11.7. The van der Waals surface area contributed by atoms with E-state index in [0.717, 1.165) is 31.8 Å². The van der Waals surface area contributed by atoms with Crippen LogP contribution in [-0.4, -0.2) is 23.9 Å². The van der Waals surface area contributed by atoms with Gasteiger partial charge in [0.25, 0.3) is 0 Å². The molecular formula is C17H33NO. The summed E-state index contributed by atoms with van der Waals surface area (Å²) in [6.45, 7) is 6.58. The number of unbranched alkanes of at least 4 members (excludes halogenated alkanes) is 5. The summed E-state index contributed by atoms with van der Waals surface area (Å²) in [4.78, 5) is 13.9. The lowest BCUT2D eigenvalue weighted by Gasteiger charge is -2.24. The van der Waals surface area contributed by atoms with Gasteiger partial charge in [-0.15, -0.1) is 0 Å². The van der Waals surface area contributed by atoms with Crippen LogP contribution in [0.4, 0.5) is 0 Å². The van der Waals surface area contributed by atoms with Crippen molar-refractivity contribution in [3.8, 4) is 0 Å². The highest BCUT2D eigenvalue weighted by molar-refractivity contribution is 5.78. The summed E-state index contributed by atoms with van der Waals surface area (Å²) in [7, 11) is 0. The lowest BCUT2D eigenvalue weighted by molar-refractivity contribution is -0.128. The molecule has 1 atom stereocenters. The van der Waals surface area contributed by atoms with Gasteiger partial charge in [0.2, 0.25) is 5.91 Å². The van der Waals surface area contributed by atoms with Crippen molar-refractivity contribution in [1.82, 2.24) is 4.90 Å². The van der Waals surface area contributed by atoms with Crippen LogP contribution in [0.3, 0.4) is 0 Å². The number of hydrogen-bond donors (Lipinski definition) is 0. The van der Waals surface area contributed by atoms with E-state index in [1.807, 2.05) is 0 Å². The predicted molar refractivity (Wildman–Crippen MR) is 82.2 cm³/mol. The van der Waals surface area contributed by atoms with Gasteiger partial charge in [-0.3, -0.25) is 4.79 Å². The van der Waals surface area contributed by atoms with Crippen molar-refractivity contribution in [2.24, 2.45) is 5.92 Å². The third-order valence-electron chi connectivity index (χ3n) is 4.33. The summed E-state index contributed by atoms with van der Waals surface area (Å²) in [5, 5.41) is 0. The summed E-state index contributed by atoms with van der Waals surface area (Å²) in [6, 6.07) is 0. The SMILES string of the molecule is CCCCCCC(CCCCC)CN1CCCC1=O. The van der Waals surface area contributed by atoms with E-state index in [9.17, 15) is 4.79 Å². The molecule has 0 N–H and O–H groups in total. The molecule has 0 spiro atoms. The van der Waals surface area contributed by atoms with E-state index in [2.05, 4.69) is 18.7 Å². The molecule has 0 aromatic carbocycles. The fraction of sp³-hybridized carbons (Fsp3) is 0.941. The number of carbonyl (C=O) groups is 1. The van der Waals surface area contributed by atoms with E-state index in [4.69, 9.17) is 0 Å². The van der Waals surface area contributed by atoms with Crippen LogP contribution in [0.15, 0.2) is 0 Å². The van der Waals surface area contributed by atoms with E-state index in [0.29, 0.717) is 5.91 Å². The molecule has 112 valence electrons. The highest BCUT2D eigenvalue weighted by atomic mass is 16.2. The molecule has 0 saturated carbocycles. The predicted octanol–water partition coefficient (Wildman–Crippen LogP) is 4.78. The smallest absolute Gasteiger partial charge is 0.222 e. The zero-order chi connectivity index (χ0) is 13.9. The van der Waals surface area contributed by atoms with Gasteiger partial charge in [0.05, 0.1) is 0 Å². The number of amides is 1. The molecule has 1 heterocycles. The lowest BCUT2D eigenvalue weighted by atomic mass is 9.94. The van der Waals surface area contributed by atoms with Crippen molar-refractivity contribution in [2.45, 2.75) is 84.5 Å². The molecule has 1 saturated heterocycles. The summed E-state index contributed by atoms with van der Waals surface area (Å²) < 4.78 is 0. The molecule has 1 unspecified atom stereocenters. The number of nitrogens with zero attached hydrogens (tertiary/aromatic N) is 1. The van der Waals surface area contributed by atoms with E-state index in [1.165, 1.54) is 57.8 Å². The first-order valence-electron chi connectivity index (χ1n) is 8.55. The lowest BCUT2D eigenvalue weighted by Crippen LogP contribution is -2.30. The van der Waals surface area contributed by atoms with Crippen molar-refractivity contribution in [1.29, 1.82) is 0 Å². The number of likely N-dealkylation sites (tertiary alicyclic amines) is 1. The van der Waals surface area contributed by atoms with Crippen LogP contribution in [0.25, 0.3) is 0 Å². The van der Waals surface area contributed by atoms with Crippen molar-refractivity contribution < 1.29 is 4.79 Å². The van der Waals surface area contributed by atoms with Gasteiger partial charge in [-0.2, -0.15) is 0 Å². The minimum atomic E-state index is 0.397. The summed E-state index contributed by atoms with van der Waals surface area (Å²) in [6.07, 6.45) is 13.9. The van der Waals surface area contributed by atoms with E-state index >= 15 is 0 Å². The molecular weight excluding hydrogens is 234 g/mol. The van der Waals surface area contributed by atoms with Gasteiger partial charge in [-0.05, 0) is 25.2 Å². The second kappa shape index (κ2) is 10.3. The first kappa shape index (κ1) is 16.5. The average molecular weight is 267 g/mol. The minimum absolute atomic E-state index is 0.397. The second-order valence-electron chi connectivity index (χ2n) is 6.15. The van der Waals surface area contributed by atoms with E-state index in [1.54, 1.807) is 0 Å². The molecule has 1 aliphatic heterocycles. The van der Waals surface area contributed by atoms with Gasteiger partial charge < -0.3 is 4.90 Å². The zero-order valence-electron chi connectivity index (χ0n) is 13.1. The van der Waals surface area contributed by atoms with Gasteiger partial charge in [0, 0.05) is 19.5 Å². The maximum Gasteiger partial charge on any atom is 0.222 e. The Morgan fingerprint density at radius 2 is 1.63 bits per heavy atom. The molecule has 2 nitrogen and oxygen atoms in total. The Balaban J connectivity index is 2.28. The van der Waals surface area contributed by atoms with Crippen LogP contribution in [-0.2, 0) is 4.79 Å². The maximum absolute atomic E-state index is 11.7. The van der Waals surface area contributed by atoms with E-state index in [-0.39, 0.29) is 0 Å². The Morgan fingerprint density at radius 1 is 1.00 bits per heavy atom. The molecule has 0 aromatic heterocycles. The average Bonchev–Trinajstić information content (AvgIpc) is 2.80. The fourth-order valence-electron chi connectivity index (χ4n) is 3.08. The van der Waals surface area contributed by atoms with Crippen molar-refractivity contribution in [3.63, 3.8) is 0 Å².